The quantitative estimate of drug-likeness (QED) is 0.792. The summed E-state index contributed by atoms with van der Waals surface area (Å²) in [5, 5.41) is 3.81. The minimum atomic E-state index is 0.106. The van der Waals surface area contributed by atoms with Crippen LogP contribution in [0.3, 0.4) is 0 Å². The lowest BCUT2D eigenvalue weighted by molar-refractivity contribution is -0.121. The van der Waals surface area contributed by atoms with Crippen LogP contribution in [0.25, 0.3) is 0 Å². The van der Waals surface area contributed by atoms with Gasteiger partial charge in [0.05, 0.1) is 0 Å². The maximum absolute atomic E-state index is 12.1. The van der Waals surface area contributed by atoms with Crippen LogP contribution in [0.2, 0.25) is 5.02 Å². The van der Waals surface area contributed by atoms with Gasteiger partial charge in [0.15, 0.2) is 0 Å². The Morgan fingerprint density at radius 2 is 1.81 bits per heavy atom. The number of benzene rings is 2. The second-order valence-electron chi connectivity index (χ2n) is 7.10. The number of aryl methyl sites for hydroxylation is 2. The van der Waals surface area contributed by atoms with E-state index in [4.69, 9.17) is 11.6 Å². The van der Waals surface area contributed by atoms with E-state index in [2.05, 4.69) is 45.4 Å². The molecular weight excluding hydrogens is 358 g/mol. The molecule has 2 aromatic rings. The van der Waals surface area contributed by atoms with E-state index >= 15 is 0 Å². The van der Waals surface area contributed by atoms with Crippen LogP contribution in [0.1, 0.15) is 17.5 Å². The molecule has 4 nitrogen and oxygen atoms in total. The van der Waals surface area contributed by atoms with Crippen molar-refractivity contribution in [3.05, 3.63) is 64.7 Å². The third-order valence-corrected chi connectivity index (χ3v) is 5.53. The molecule has 5 heteroatoms. The summed E-state index contributed by atoms with van der Waals surface area (Å²) < 4.78 is 0. The van der Waals surface area contributed by atoms with Gasteiger partial charge in [-0.3, -0.25) is 9.69 Å². The van der Waals surface area contributed by atoms with E-state index < -0.39 is 0 Å². The number of hydrogen-bond acceptors (Lipinski definition) is 3. The number of halogens is 1. The van der Waals surface area contributed by atoms with E-state index in [-0.39, 0.29) is 5.91 Å². The summed E-state index contributed by atoms with van der Waals surface area (Å²) in [6.45, 7) is 7.74. The van der Waals surface area contributed by atoms with E-state index in [9.17, 15) is 4.79 Å². The molecule has 0 aliphatic carbocycles. The number of piperazine rings is 1. The van der Waals surface area contributed by atoms with Gasteiger partial charge >= 0.3 is 0 Å². The van der Waals surface area contributed by atoms with Crippen molar-refractivity contribution in [1.82, 2.24) is 10.2 Å². The Labute approximate surface area is 167 Å². The lowest BCUT2D eigenvalue weighted by Gasteiger charge is -2.36. The van der Waals surface area contributed by atoms with Crippen molar-refractivity contribution < 1.29 is 4.79 Å². The number of para-hydroxylation sites is 1. The molecule has 1 saturated heterocycles. The van der Waals surface area contributed by atoms with E-state index in [0.717, 1.165) is 55.3 Å². The molecule has 0 bridgehead atoms. The number of anilines is 1. The minimum absolute atomic E-state index is 0.106. The first-order valence-electron chi connectivity index (χ1n) is 9.66. The fourth-order valence-corrected chi connectivity index (χ4v) is 3.56. The number of carbonyl (C=O) groups is 1. The Morgan fingerprint density at radius 1 is 1.07 bits per heavy atom. The standard InChI is InChI=1S/C22H28ClN3O/c1-18-7-8-19(17-21(18)23)9-10-22(27)24-11-12-25-13-15-26(16-14-25)20-5-3-2-4-6-20/h2-8,17H,9-16H2,1H3,(H,24,27). The van der Waals surface area contributed by atoms with Gasteiger partial charge in [-0.1, -0.05) is 41.9 Å². The summed E-state index contributed by atoms with van der Waals surface area (Å²) in [7, 11) is 0. The number of nitrogens with zero attached hydrogens (tertiary/aromatic N) is 2. The van der Waals surface area contributed by atoms with Crippen LogP contribution in [-0.4, -0.2) is 50.1 Å². The average Bonchev–Trinajstić information content (AvgIpc) is 2.70. The molecule has 1 aliphatic rings. The van der Waals surface area contributed by atoms with Crippen LogP contribution in [0.15, 0.2) is 48.5 Å². The third kappa shape index (κ3) is 5.98. The first kappa shape index (κ1) is 19.7. The molecule has 1 fully saturated rings. The fraction of sp³-hybridized carbons (Fsp3) is 0.409. The Hall–Kier alpha value is -2.04. The molecule has 0 unspecified atom stereocenters. The van der Waals surface area contributed by atoms with Gasteiger partial charge in [-0.15, -0.1) is 0 Å². The zero-order chi connectivity index (χ0) is 19.1. The number of rotatable bonds is 7. The van der Waals surface area contributed by atoms with Gasteiger partial charge in [0, 0.05) is 56.4 Å². The molecule has 0 aromatic heterocycles. The normalized spacial score (nSPS) is 15.0. The Morgan fingerprint density at radius 3 is 2.52 bits per heavy atom. The van der Waals surface area contributed by atoms with Gasteiger partial charge in [-0.05, 0) is 42.7 Å². The average molecular weight is 386 g/mol. The van der Waals surface area contributed by atoms with Gasteiger partial charge in [-0.25, -0.2) is 0 Å². The molecule has 1 amide bonds. The highest BCUT2D eigenvalue weighted by atomic mass is 35.5. The number of carbonyl (C=O) groups excluding carboxylic acids is 1. The van der Waals surface area contributed by atoms with Gasteiger partial charge in [0.1, 0.15) is 0 Å². The second-order valence-corrected chi connectivity index (χ2v) is 7.50. The maximum Gasteiger partial charge on any atom is 0.220 e. The molecule has 0 radical (unpaired) electrons. The summed E-state index contributed by atoms with van der Waals surface area (Å²) in [6, 6.07) is 16.6. The topological polar surface area (TPSA) is 35.6 Å². The predicted molar refractivity (Wildman–Crippen MR) is 113 cm³/mol. The zero-order valence-electron chi connectivity index (χ0n) is 16.0. The Bertz CT molecular complexity index is 742. The van der Waals surface area contributed by atoms with Crippen LogP contribution in [0.4, 0.5) is 5.69 Å². The van der Waals surface area contributed by atoms with Gasteiger partial charge < -0.3 is 10.2 Å². The van der Waals surface area contributed by atoms with Crippen LogP contribution in [-0.2, 0) is 11.2 Å². The molecule has 2 aromatic carbocycles. The summed E-state index contributed by atoms with van der Waals surface area (Å²) in [5.74, 6) is 0.106. The number of nitrogens with one attached hydrogen (secondary N) is 1. The molecule has 1 aliphatic heterocycles. The van der Waals surface area contributed by atoms with Crippen molar-refractivity contribution in [2.75, 3.05) is 44.2 Å². The molecule has 27 heavy (non-hydrogen) atoms. The smallest absolute Gasteiger partial charge is 0.220 e. The van der Waals surface area contributed by atoms with Crippen molar-refractivity contribution in [2.45, 2.75) is 19.8 Å². The van der Waals surface area contributed by atoms with Gasteiger partial charge in [0.2, 0.25) is 5.91 Å². The first-order valence-corrected chi connectivity index (χ1v) is 10.0. The van der Waals surface area contributed by atoms with Crippen LogP contribution >= 0.6 is 11.6 Å². The van der Waals surface area contributed by atoms with E-state index in [1.807, 2.05) is 25.1 Å². The molecule has 144 valence electrons. The highest BCUT2D eigenvalue weighted by Crippen LogP contribution is 2.18. The summed E-state index contributed by atoms with van der Waals surface area (Å²) in [6.07, 6.45) is 1.22. The van der Waals surface area contributed by atoms with Gasteiger partial charge in [-0.2, -0.15) is 0 Å². The molecule has 0 saturated carbocycles. The highest BCUT2D eigenvalue weighted by molar-refractivity contribution is 6.31. The molecular formula is C22H28ClN3O. The minimum Gasteiger partial charge on any atom is -0.369 e. The molecule has 0 spiro atoms. The van der Waals surface area contributed by atoms with Gasteiger partial charge in [0.25, 0.3) is 0 Å². The molecule has 0 atom stereocenters. The predicted octanol–water partition coefficient (Wildman–Crippen LogP) is 3.52. The van der Waals surface area contributed by atoms with Crippen molar-refractivity contribution in [2.24, 2.45) is 0 Å². The van der Waals surface area contributed by atoms with Crippen molar-refractivity contribution in [3.63, 3.8) is 0 Å². The fourth-order valence-electron chi connectivity index (χ4n) is 3.36. The lowest BCUT2D eigenvalue weighted by atomic mass is 10.1. The highest BCUT2D eigenvalue weighted by Gasteiger charge is 2.16. The van der Waals surface area contributed by atoms with E-state index in [0.29, 0.717) is 13.0 Å². The van der Waals surface area contributed by atoms with Crippen LogP contribution in [0.5, 0.6) is 0 Å². The largest absolute Gasteiger partial charge is 0.369 e. The van der Waals surface area contributed by atoms with Crippen molar-refractivity contribution in [1.29, 1.82) is 0 Å². The van der Waals surface area contributed by atoms with Crippen molar-refractivity contribution >= 4 is 23.2 Å². The Kier molecular flexibility index (Phi) is 7.13. The first-order chi connectivity index (χ1) is 13.1. The Balaban J connectivity index is 1.32. The third-order valence-electron chi connectivity index (χ3n) is 5.12. The molecule has 1 heterocycles. The monoisotopic (exact) mass is 385 g/mol. The number of hydrogen-bond donors (Lipinski definition) is 1. The summed E-state index contributed by atoms with van der Waals surface area (Å²) in [5.41, 5.74) is 3.47. The maximum atomic E-state index is 12.1. The van der Waals surface area contributed by atoms with Crippen molar-refractivity contribution in [3.8, 4) is 0 Å². The lowest BCUT2D eigenvalue weighted by Crippen LogP contribution is -2.48. The molecule has 1 N–H and O–H groups in total. The summed E-state index contributed by atoms with van der Waals surface area (Å²) >= 11 is 6.14. The van der Waals surface area contributed by atoms with Crippen LogP contribution < -0.4 is 10.2 Å². The summed E-state index contributed by atoms with van der Waals surface area (Å²) in [4.78, 5) is 16.9. The SMILES string of the molecule is Cc1ccc(CCC(=O)NCCN2CCN(c3ccccc3)CC2)cc1Cl. The molecule has 3 rings (SSSR count). The van der Waals surface area contributed by atoms with E-state index in [1.165, 1.54) is 5.69 Å². The second kappa shape index (κ2) is 9.77. The number of amides is 1. The van der Waals surface area contributed by atoms with Crippen LogP contribution in [0, 0.1) is 6.92 Å². The zero-order valence-corrected chi connectivity index (χ0v) is 16.7. The van der Waals surface area contributed by atoms with E-state index in [1.54, 1.807) is 0 Å².